The van der Waals surface area contributed by atoms with E-state index in [9.17, 15) is 4.39 Å². The molecule has 0 amide bonds. The fourth-order valence-corrected chi connectivity index (χ4v) is 2.59. The minimum absolute atomic E-state index is 0.0282. The number of pyridine rings is 1. The zero-order valence-electron chi connectivity index (χ0n) is 11.5. The standard InChI is InChI=1S/C15H15FN4O/c1-9-6-11(15(17)19-21)7-14(18-9)20-5-4-10-2-3-12(16)8-13(10)20/h2-3,6-8,21H,4-5H2,1H3,(H2,17,19). The van der Waals surface area contributed by atoms with Crippen LogP contribution in [0.15, 0.2) is 35.5 Å². The molecular weight excluding hydrogens is 271 g/mol. The summed E-state index contributed by atoms with van der Waals surface area (Å²) >= 11 is 0. The van der Waals surface area contributed by atoms with Crippen LogP contribution < -0.4 is 10.6 Å². The van der Waals surface area contributed by atoms with Crippen molar-refractivity contribution in [1.82, 2.24) is 4.98 Å². The van der Waals surface area contributed by atoms with E-state index in [-0.39, 0.29) is 11.7 Å². The molecule has 1 aliphatic heterocycles. The minimum Gasteiger partial charge on any atom is -0.409 e. The molecule has 0 bridgehead atoms. The Labute approximate surface area is 121 Å². The summed E-state index contributed by atoms with van der Waals surface area (Å²) in [5.41, 5.74) is 8.89. The smallest absolute Gasteiger partial charge is 0.170 e. The Balaban J connectivity index is 2.07. The molecular formula is C15H15FN4O. The van der Waals surface area contributed by atoms with Gasteiger partial charge in [-0.25, -0.2) is 9.37 Å². The molecule has 3 N–H and O–H groups in total. The molecule has 0 aliphatic carbocycles. The van der Waals surface area contributed by atoms with E-state index >= 15 is 0 Å². The molecule has 0 saturated heterocycles. The van der Waals surface area contributed by atoms with Gasteiger partial charge in [0.05, 0.1) is 0 Å². The number of benzene rings is 1. The number of halogens is 1. The molecule has 108 valence electrons. The summed E-state index contributed by atoms with van der Waals surface area (Å²) in [5, 5.41) is 11.8. The summed E-state index contributed by atoms with van der Waals surface area (Å²) in [6.07, 6.45) is 0.837. The lowest BCUT2D eigenvalue weighted by molar-refractivity contribution is 0.318. The Kier molecular flexibility index (Phi) is 3.21. The van der Waals surface area contributed by atoms with Crippen molar-refractivity contribution in [2.45, 2.75) is 13.3 Å². The van der Waals surface area contributed by atoms with Gasteiger partial charge in [0.15, 0.2) is 5.84 Å². The Morgan fingerprint density at radius 3 is 2.95 bits per heavy atom. The quantitative estimate of drug-likeness (QED) is 0.384. The number of fused-ring (bicyclic) bond motifs is 1. The van der Waals surface area contributed by atoms with Crippen LogP contribution in [-0.4, -0.2) is 22.6 Å². The van der Waals surface area contributed by atoms with Gasteiger partial charge in [-0.2, -0.15) is 0 Å². The van der Waals surface area contributed by atoms with Crippen LogP contribution in [0.25, 0.3) is 0 Å². The molecule has 3 rings (SSSR count). The number of amidine groups is 1. The van der Waals surface area contributed by atoms with Gasteiger partial charge in [-0.3, -0.25) is 0 Å². The monoisotopic (exact) mass is 286 g/mol. The van der Waals surface area contributed by atoms with Gasteiger partial charge in [-0.15, -0.1) is 0 Å². The second-order valence-electron chi connectivity index (χ2n) is 5.02. The summed E-state index contributed by atoms with van der Waals surface area (Å²) in [6, 6.07) is 8.25. The number of aryl methyl sites for hydroxylation is 1. The Hall–Kier alpha value is -2.63. The predicted molar refractivity (Wildman–Crippen MR) is 78.6 cm³/mol. The van der Waals surface area contributed by atoms with Gasteiger partial charge in [0.2, 0.25) is 0 Å². The lowest BCUT2D eigenvalue weighted by Gasteiger charge is -2.19. The van der Waals surface area contributed by atoms with Gasteiger partial charge >= 0.3 is 0 Å². The third kappa shape index (κ3) is 2.40. The maximum Gasteiger partial charge on any atom is 0.170 e. The number of oxime groups is 1. The van der Waals surface area contributed by atoms with Crippen molar-refractivity contribution in [2.24, 2.45) is 10.9 Å². The molecule has 2 aromatic rings. The number of hydrogen-bond donors (Lipinski definition) is 2. The summed E-state index contributed by atoms with van der Waals surface area (Å²) in [6.45, 7) is 2.56. The highest BCUT2D eigenvalue weighted by Gasteiger charge is 2.22. The van der Waals surface area contributed by atoms with E-state index in [1.807, 2.05) is 11.8 Å². The first kappa shape index (κ1) is 13.4. The number of nitrogens with zero attached hydrogens (tertiary/aromatic N) is 3. The second kappa shape index (κ2) is 5.05. The van der Waals surface area contributed by atoms with Crippen LogP contribution in [0, 0.1) is 12.7 Å². The zero-order chi connectivity index (χ0) is 15.0. The molecule has 0 unspecified atom stereocenters. The number of nitrogens with two attached hydrogens (primary N) is 1. The SMILES string of the molecule is Cc1cc(/C(N)=N/O)cc(N2CCc3ccc(F)cc32)n1. The van der Waals surface area contributed by atoms with Crippen LogP contribution in [0.5, 0.6) is 0 Å². The lowest BCUT2D eigenvalue weighted by Crippen LogP contribution is -2.18. The number of aromatic nitrogens is 1. The van der Waals surface area contributed by atoms with Gasteiger partial charge in [0.1, 0.15) is 11.6 Å². The molecule has 0 atom stereocenters. The molecule has 0 radical (unpaired) electrons. The fraction of sp³-hybridized carbons (Fsp3) is 0.200. The average Bonchev–Trinajstić information content (AvgIpc) is 2.88. The van der Waals surface area contributed by atoms with Gasteiger partial charge in [0.25, 0.3) is 0 Å². The molecule has 6 heteroatoms. The second-order valence-corrected chi connectivity index (χ2v) is 5.02. The first-order valence-corrected chi connectivity index (χ1v) is 6.61. The van der Waals surface area contributed by atoms with Gasteiger partial charge in [-0.1, -0.05) is 11.2 Å². The molecule has 0 spiro atoms. The molecule has 0 saturated carbocycles. The summed E-state index contributed by atoms with van der Waals surface area (Å²) in [7, 11) is 0. The number of hydrogen-bond acceptors (Lipinski definition) is 4. The fourth-order valence-electron chi connectivity index (χ4n) is 2.59. The van der Waals surface area contributed by atoms with Crippen molar-refractivity contribution < 1.29 is 9.60 Å². The maximum atomic E-state index is 13.5. The third-order valence-electron chi connectivity index (χ3n) is 3.56. The van der Waals surface area contributed by atoms with E-state index < -0.39 is 0 Å². The molecule has 5 nitrogen and oxygen atoms in total. The molecule has 1 aliphatic rings. The summed E-state index contributed by atoms with van der Waals surface area (Å²) in [5.74, 6) is 0.423. The predicted octanol–water partition coefficient (Wildman–Crippen LogP) is 2.32. The average molecular weight is 286 g/mol. The molecule has 21 heavy (non-hydrogen) atoms. The molecule has 1 aromatic heterocycles. The minimum atomic E-state index is -0.273. The van der Waals surface area contributed by atoms with Crippen molar-refractivity contribution in [3.05, 3.63) is 53.0 Å². The molecule has 0 fully saturated rings. The van der Waals surface area contributed by atoms with E-state index in [1.165, 1.54) is 12.1 Å². The number of anilines is 2. The highest BCUT2D eigenvalue weighted by molar-refractivity contribution is 5.98. The summed E-state index contributed by atoms with van der Waals surface area (Å²) in [4.78, 5) is 6.42. The van der Waals surface area contributed by atoms with Crippen LogP contribution in [0.2, 0.25) is 0 Å². The topological polar surface area (TPSA) is 74.7 Å². The summed E-state index contributed by atoms with van der Waals surface area (Å²) < 4.78 is 13.5. The first-order chi connectivity index (χ1) is 10.1. The largest absolute Gasteiger partial charge is 0.409 e. The van der Waals surface area contributed by atoms with Crippen molar-refractivity contribution >= 4 is 17.3 Å². The van der Waals surface area contributed by atoms with Crippen molar-refractivity contribution in [2.75, 3.05) is 11.4 Å². The van der Waals surface area contributed by atoms with Crippen LogP contribution in [0.3, 0.4) is 0 Å². The highest BCUT2D eigenvalue weighted by atomic mass is 19.1. The Morgan fingerprint density at radius 1 is 1.38 bits per heavy atom. The van der Waals surface area contributed by atoms with E-state index in [2.05, 4.69) is 10.1 Å². The highest BCUT2D eigenvalue weighted by Crippen LogP contribution is 2.34. The number of rotatable bonds is 2. The Bertz CT molecular complexity index is 730. The van der Waals surface area contributed by atoms with E-state index in [0.29, 0.717) is 11.4 Å². The molecule has 1 aromatic carbocycles. The first-order valence-electron chi connectivity index (χ1n) is 6.61. The zero-order valence-corrected chi connectivity index (χ0v) is 11.5. The lowest BCUT2D eigenvalue weighted by atomic mass is 10.1. The van der Waals surface area contributed by atoms with Gasteiger partial charge in [0, 0.05) is 23.5 Å². The van der Waals surface area contributed by atoms with Crippen LogP contribution in [0.4, 0.5) is 15.9 Å². The van der Waals surface area contributed by atoms with Crippen molar-refractivity contribution in [1.29, 1.82) is 0 Å². The van der Waals surface area contributed by atoms with E-state index in [0.717, 1.165) is 29.9 Å². The van der Waals surface area contributed by atoms with Crippen LogP contribution in [0.1, 0.15) is 16.8 Å². The van der Waals surface area contributed by atoms with Crippen molar-refractivity contribution in [3.8, 4) is 0 Å². The third-order valence-corrected chi connectivity index (χ3v) is 3.56. The van der Waals surface area contributed by atoms with Gasteiger partial charge < -0.3 is 15.8 Å². The van der Waals surface area contributed by atoms with Crippen LogP contribution in [-0.2, 0) is 6.42 Å². The van der Waals surface area contributed by atoms with Gasteiger partial charge in [-0.05, 0) is 43.2 Å². The Morgan fingerprint density at radius 2 is 2.19 bits per heavy atom. The van der Waals surface area contributed by atoms with E-state index in [1.54, 1.807) is 18.2 Å². The normalized spacial score (nSPS) is 14.4. The maximum absolute atomic E-state index is 13.5. The van der Waals surface area contributed by atoms with Crippen molar-refractivity contribution in [3.63, 3.8) is 0 Å². The van der Waals surface area contributed by atoms with Crippen LogP contribution >= 0.6 is 0 Å². The van der Waals surface area contributed by atoms with E-state index in [4.69, 9.17) is 10.9 Å². The molecule has 2 heterocycles.